The van der Waals surface area contributed by atoms with Gasteiger partial charge in [-0.2, -0.15) is 0 Å². The Hall–Kier alpha value is -2.05. The van der Waals surface area contributed by atoms with E-state index in [1.54, 1.807) is 31.2 Å². The molecular formula is C18H17ClFNO3S. The lowest BCUT2D eigenvalue weighted by molar-refractivity contribution is -0.143. The van der Waals surface area contributed by atoms with Gasteiger partial charge in [-0.15, -0.1) is 11.8 Å². The van der Waals surface area contributed by atoms with Crippen LogP contribution in [0.1, 0.15) is 12.5 Å². The number of hydrogen-bond acceptors (Lipinski definition) is 4. The lowest BCUT2D eigenvalue weighted by Crippen LogP contribution is -2.21. The van der Waals surface area contributed by atoms with Crippen molar-refractivity contribution >= 4 is 40.9 Å². The first-order chi connectivity index (χ1) is 11.9. The van der Waals surface area contributed by atoms with E-state index in [-0.39, 0.29) is 24.1 Å². The van der Waals surface area contributed by atoms with E-state index in [9.17, 15) is 14.0 Å². The number of halogens is 2. The number of benzene rings is 2. The smallest absolute Gasteiger partial charge is 0.319 e. The van der Waals surface area contributed by atoms with Gasteiger partial charge in [0.15, 0.2) is 0 Å². The van der Waals surface area contributed by atoms with E-state index in [0.717, 1.165) is 5.56 Å². The van der Waals surface area contributed by atoms with Gasteiger partial charge < -0.3 is 10.1 Å². The van der Waals surface area contributed by atoms with Gasteiger partial charge in [-0.05, 0) is 48.9 Å². The summed E-state index contributed by atoms with van der Waals surface area (Å²) < 4.78 is 18.0. The van der Waals surface area contributed by atoms with Gasteiger partial charge in [-0.25, -0.2) is 4.39 Å². The van der Waals surface area contributed by atoms with Gasteiger partial charge >= 0.3 is 5.97 Å². The molecule has 1 N–H and O–H groups in total. The number of esters is 1. The van der Waals surface area contributed by atoms with Crippen molar-refractivity contribution in [3.63, 3.8) is 0 Å². The first-order valence-corrected chi connectivity index (χ1v) is 8.95. The molecule has 0 aliphatic heterocycles. The van der Waals surface area contributed by atoms with Gasteiger partial charge in [-0.3, -0.25) is 9.59 Å². The van der Waals surface area contributed by atoms with Crippen molar-refractivity contribution in [2.75, 3.05) is 11.1 Å². The van der Waals surface area contributed by atoms with Gasteiger partial charge in [0.25, 0.3) is 0 Å². The third-order valence-electron chi connectivity index (χ3n) is 3.22. The fraction of sp³-hybridized carbons (Fsp3) is 0.222. The van der Waals surface area contributed by atoms with Crippen LogP contribution < -0.4 is 5.32 Å². The number of ether oxygens (including phenoxy) is 1. The van der Waals surface area contributed by atoms with Crippen LogP contribution in [-0.2, 0) is 20.9 Å². The number of thioether (sulfide) groups is 1. The van der Waals surface area contributed by atoms with Crippen LogP contribution in [0.4, 0.5) is 10.1 Å². The predicted octanol–water partition coefficient (Wildman–Crippen LogP) is 4.28. The third kappa shape index (κ3) is 6.76. The molecule has 0 aromatic heterocycles. The van der Waals surface area contributed by atoms with Crippen LogP contribution in [0.25, 0.3) is 0 Å². The highest BCUT2D eigenvalue weighted by Gasteiger charge is 2.17. The molecule has 7 heteroatoms. The molecule has 2 aromatic carbocycles. The van der Waals surface area contributed by atoms with E-state index in [4.69, 9.17) is 16.3 Å². The molecule has 0 saturated heterocycles. The zero-order valence-corrected chi connectivity index (χ0v) is 15.1. The van der Waals surface area contributed by atoms with Gasteiger partial charge in [0, 0.05) is 10.7 Å². The topological polar surface area (TPSA) is 55.4 Å². The number of anilines is 1. The maximum atomic E-state index is 12.8. The maximum Gasteiger partial charge on any atom is 0.319 e. The third-order valence-corrected chi connectivity index (χ3v) is 4.59. The van der Waals surface area contributed by atoms with Gasteiger partial charge in [0.1, 0.15) is 17.7 Å². The number of amides is 1. The SMILES string of the molecule is CC(SCC(=O)Nc1ccc(F)cc1)C(=O)OCc1ccc(Cl)cc1. The zero-order valence-electron chi connectivity index (χ0n) is 13.5. The Morgan fingerprint density at radius 1 is 1.16 bits per heavy atom. The zero-order chi connectivity index (χ0) is 18.2. The summed E-state index contributed by atoms with van der Waals surface area (Å²) in [6.07, 6.45) is 0. The average molecular weight is 382 g/mol. The largest absolute Gasteiger partial charge is 0.460 e. The first-order valence-electron chi connectivity index (χ1n) is 7.52. The van der Waals surface area contributed by atoms with E-state index < -0.39 is 11.2 Å². The van der Waals surface area contributed by atoms with Crippen LogP contribution in [0, 0.1) is 5.82 Å². The molecule has 1 unspecified atom stereocenters. The van der Waals surface area contributed by atoms with Crippen LogP contribution in [0.5, 0.6) is 0 Å². The van der Waals surface area contributed by atoms with E-state index in [1.807, 2.05) is 0 Å². The molecule has 2 rings (SSSR count). The Labute approximate surface area is 154 Å². The molecule has 0 saturated carbocycles. The monoisotopic (exact) mass is 381 g/mol. The molecule has 0 heterocycles. The molecule has 0 aliphatic rings. The number of nitrogens with one attached hydrogen (secondary N) is 1. The van der Waals surface area contributed by atoms with Crippen molar-refractivity contribution in [1.82, 2.24) is 0 Å². The normalized spacial score (nSPS) is 11.6. The summed E-state index contributed by atoms with van der Waals surface area (Å²) in [4.78, 5) is 23.8. The number of hydrogen-bond donors (Lipinski definition) is 1. The number of rotatable bonds is 7. The molecule has 25 heavy (non-hydrogen) atoms. The fourth-order valence-electron chi connectivity index (χ4n) is 1.85. The minimum Gasteiger partial charge on any atom is -0.460 e. The van der Waals surface area contributed by atoms with E-state index in [2.05, 4.69) is 5.32 Å². The first kappa shape index (κ1) is 19.3. The highest BCUT2D eigenvalue weighted by atomic mass is 35.5. The molecule has 0 fully saturated rings. The Morgan fingerprint density at radius 2 is 1.80 bits per heavy atom. The minimum atomic E-state index is -0.480. The van der Waals surface area contributed by atoms with E-state index in [1.165, 1.54) is 36.0 Å². The van der Waals surface area contributed by atoms with Crippen molar-refractivity contribution in [3.05, 3.63) is 64.9 Å². The molecule has 0 spiro atoms. The van der Waals surface area contributed by atoms with Crippen molar-refractivity contribution < 1.29 is 18.7 Å². The van der Waals surface area contributed by atoms with Gasteiger partial charge in [-0.1, -0.05) is 23.7 Å². The average Bonchev–Trinajstić information content (AvgIpc) is 2.61. The molecule has 1 atom stereocenters. The van der Waals surface area contributed by atoms with Crippen LogP contribution in [0.2, 0.25) is 5.02 Å². The van der Waals surface area contributed by atoms with Crippen LogP contribution >= 0.6 is 23.4 Å². The summed E-state index contributed by atoms with van der Waals surface area (Å²) in [5.74, 6) is -0.942. The summed E-state index contributed by atoms with van der Waals surface area (Å²) in [7, 11) is 0. The highest BCUT2D eigenvalue weighted by molar-refractivity contribution is 8.01. The van der Waals surface area contributed by atoms with Crippen LogP contribution in [0.3, 0.4) is 0 Å². The highest BCUT2D eigenvalue weighted by Crippen LogP contribution is 2.16. The Morgan fingerprint density at radius 3 is 2.44 bits per heavy atom. The Kier molecular flexibility index (Phi) is 7.28. The Balaban J connectivity index is 1.72. The second-order valence-electron chi connectivity index (χ2n) is 5.24. The molecule has 0 aliphatic carbocycles. The predicted molar refractivity (Wildman–Crippen MR) is 98.2 cm³/mol. The molecule has 1 amide bonds. The summed E-state index contributed by atoms with van der Waals surface area (Å²) in [5, 5.41) is 2.77. The van der Waals surface area contributed by atoms with E-state index >= 15 is 0 Å². The second kappa shape index (κ2) is 9.44. The fourth-order valence-corrected chi connectivity index (χ4v) is 2.66. The summed E-state index contributed by atoms with van der Waals surface area (Å²) in [6, 6.07) is 12.5. The molecule has 0 bridgehead atoms. The molecule has 0 radical (unpaired) electrons. The van der Waals surface area contributed by atoms with Crippen molar-refractivity contribution in [3.8, 4) is 0 Å². The molecular weight excluding hydrogens is 365 g/mol. The standard InChI is InChI=1S/C18H17ClFNO3S/c1-12(18(23)24-10-13-2-4-14(19)5-3-13)25-11-17(22)21-16-8-6-15(20)7-9-16/h2-9,12H,10-11H2,1H3,(H,21,22). The van der Waals surface area contributed by atoms with Gasteiger partial charge in [0.05, 0.1) is 5.75 Å². The second-order valence-corrected chi connectivity index (χ2v) is 7.01. The van der Waals surface area contributed by atoms with Crippen molar-refractivity contribution in [2.24, 2.45) is 0 Å². The van der Waals surface area contributed by atoms with Gasteiger partial charge in [0.2, 0.25) is 5.91 Å². The molecule has 132 valence electrons. The molecule has 4 nitrogen and oxygen atoms in total. The number of carbonyl (C=O) groups excluding carboxylic acids is 2. The summed E-state index contributed by atoms with van der Waals surface area (Å²) in [6.45, 7) is 1.84. The van der Waals surface area contributed by atoms with E-state index in [0.29, 0.717) is 10.7 Å². The summed E-state index contributed by atoms with van der Waals surface area (Å²) >= 11 is 6.96. The van der Waals surface area contributed by atoms with Crippen molar-refractivity contribution in [2.45, 2.75) is 18.8 Å². The summed E-state index contributed by atoms with van der Waals surface area (Å²) in [5.41, 5.74) is 1.34. The quantitative estimate of drug-likeness (QED) is 0.727. The minimum absolute atomic E-state index is 0.0919. The molecule has 2 aromatic rings. The lowest BCUT2D eigenvalue weighted by Gasteiger charge is -2.11. The lowest BCUT2D eigenvalue weighted by atomic mass is 10.2. The van der Waals surface area contributed by atoms with Crippen LogP contribution in [-0.4, -0.2) is 22.9 Å². The Bertz CT molecular complexity index is 722. The maximum absolute atomic E-state index is 12.8. The van der Waals surface area contributed by atoms with Crippen LogP contribution in [0.15, 0.2) is 48.5 Å². The number of carbonyl (C=O) groups is 2. The van der Waals surface area contributed by atoms with Crippen molar-refractivity contribution in [1.29, 1.82) is 0 Å².